The normalized spacial score (nSPS) is 19.2. The zero-order valence-corrected chi connectivity index (χ0v) is 17.3. The van der Waals surface area contributed by atoms with Gasteiger partial charge in [0.2, 0.25) is 11.8 Å². The molecule has 0 radical (unpaired) electrons. The Kier molecular flexibility index (Phi) is 5.83. The second-order valence-electron chi connectivity index (χ2n) is 7.80. The van der Waals surface area contributed by atoms with Gasteiger partial charge in [0.1, 0.15) is 0 Å². The van der Waals surface area contributed by atoms with Crippen molar-refractivity contribution in [3.05, 3.63) is 53.1 Å². The summed E-state index contributed by atoms with van der Waals surface area (Å²) in [6.45, 7) is 2.19. The maximum atomic E-state index is 12.9. The molecule has 9 heteroatoms. The van der Waals surface area contributed by atoms with Crippen LogP contribution in [-0.2, 0) is 15.8 Å². The van der Waals surface area contributed by atoms with Crippen molar-refractivity contribution in [2.75, 3.05) is 34.8 Å². The van der Waals surface area contributed by atoms with Gasteiger partial charge in [-0.3, -0.25) is 9.59 Å². The van der Waals surface area contributed by atoms with Crippen molar-refractivity contribution in [3.8, 4) is 0 Å². The molecule has 0 spiro atoms. The highest BCUT2D eigenvalue weighted by Crippen LogP contribution is 2.35. The number of alkyl halides is 3. The Hall–Kier alpha value is -2.74. The molecular weight excluding hydrogens is 431 g/mol. The van der Waals surface area contributed by atoms with E-state index in [1.165, 1.54) is 17.7 Å². The first kappa shape index (κ1) is 21.5. The smallest absolute Gasteiger partial charge is 0.372 e. The number of amides is 2. The molecule has 4 rings (SSSR count). The van der Waals surface area contributed by atoms with Gasteiger partial charge in [0.05, 0.1) is 22.2 Å². The molecule has 0 saturated carbocycles. The van der Waals surface area contributed by atoms with Gasteiger partial charge in [-0.25, -0.2) is 0 Å². The second-order valence-corrected chi connectivity index (χ2v) is 8.20. The van der Waals surface area contributed by atoms with Crippen molar-refractivity contribution in [3.63, 3.8) is 0 Å². The topological polar surface area (TPSA) is 52.7 Å². The zero-order chi connectivity index (χ0) is 22.2. The van der Waals surface area contributed by atoms with Crippen LogP contribution in [0.15, 0.2) is 42.5 Å². The largest absolute Gasteiger partial charge is 0.416 e. The Balaban J connectivity index is 1.44. The molecule has 2 aromatic carbocycles. The molecule has 1 N–H and O–H groups in total. The van der Waals surface area contributed by atoms with Crippen molar-refractivity contribution in [1.29, 1.82) is 0 Å². The van der Waals surface area contributed by atoms with Gasteiger partial charge < -0.3 is 15.1 Å². The molecular formula is C22H21ClF3N3O2. The molecule has 2 saturated heterocycles. The van der Waals surface area contributed by atoms with Gasteiger partial charge in [0.15, 0.2) is 0 Å². The zero-order valence-electron chi connectivity index (χ0n) is 16.6. The van der Waals surface area contributed by atoms with Gasteiger partial charge in [0.25, 0.3) is 0 Å². The molecule has 2 fully saturated rings. The number of hydrogen-bond acceptors (Lipinski definition) is 3. The molecule has 2 aliphatic rings. The van der Waals surface area contributed by atoms with Gasteiger partial charge in [0, 0.05) is 37.4 Å². The van der Waals surface area contributed by atoms with E-state index in [-0.39, 0.29) is 29.6 Å². The number of nitrogens with one attached hydrogen (secondary N) is 1. The first-order valence-corrected chi connectivity index (χ1v) is 10.4. The Morgan fingerprint density at radius 1 is 1.03 bits per heavy atom. The van der Waals surface area contributed by atoms with E-state index in [9.17, 15) is 22.8 Å². The monoisotopic (exact) mass is 451 g/mol. The van der Waals surface area contributed by atoms with Crippen LogP contribution in [0.3, 0.4) is 0 Å². The van der Waals surface area contributed by atoms with Gasteiger partial charge >= 0.3 is 6.18 Å². The second kappa shape index (κ2) is 8.42. The van der Waals surface area contributed by atoms with E-state index >= 15 is 0 Å². The lowest BCUT2D eigenvalue weighted by atomic mass is 10.1. The van der Waals surface area contributed by atoms with Crippen molar-refractivity contribution in [2.45, 2.75) is 25.4 Å². The fourth-order valence-corrected chi connectivity index (χ4v) is 4.15. The van der Waals surface area contributed by atoms with Crippen LogP contribution in [0.5, 0.6) is 0 Å². The molecule has 0 aliphatic carbocycles. The third-order valence-corrected chi connectivity index (χ3v) is 6.01. The Morgan fingerprint density at radius 2 is 1.68 bits per heavy atom. The van der Waals surface area contributed by atoms with Crippen LogP contribution < -0.4 is 15.1 Å². The molecule has 2 aliphatic heterocycles. The lowest BCUT2D eigenvalue weighted by molar-refractivity contribution is -0.137. The lowest BCUT2D eigenvalue weighted by Crippen LogP contribution is -2.28. The van der Waals surface area contributed by atoms with E-state index in [4.69, 9.17) is 11.6 Å². The summed E-state index contributed by atoms with van der Waals surface area (Å²) in [5, 5.41) is 2.45. The van der Waals surface area contributed by atoms with Gasteiger partial charge in [-0.15, -0.1) is 0 Å². The highest BCUT2D eigenvalue weighted by Gasteiger charge is 2.36. The highest BCUT2D eigenvalue weighted by atomic mass is 35.5. The number of carbonyl (C=O) groups is 2. The average molecular weight is 452 g/mol. The highest BCUT2D eigenvalue weighted by molar-refractivity contribution is 6.33. The number of nitrogens with zero attached hydrogens (tertiary/aromatic N) is 2. The molecule has 1 atom stereocenters. The Bertz CT molecular complexity index is 988. The standard InChI is InChI=1S/C22H21ClF3N3O2/c23-18-8-3-15(22(24,25)26)12-19(18)27-21(31)14-11-20(30)29(13-14)17-6-4-16(5-7-17)28-9-1-2-10-28/h3-8,12,14H,1-2,9-11,13H2,(H,27,31). The van der Waals surface area contributed by atoms with Crippen LogP contribution in [-0.4, -0.2) is 31.4 Å². The van der Waals surface area contributed by atoms with Crippen LogP contribution >= 0.6 is 11.6 Å². The number of carbonyl (C=O) groups excluding carboxylic acids is 2. The molecule has 2 aromatic rings. The predicted octanol–water partition coefficient (Wildman–Crippen LogP) is 4.95. The number of rotatable bonds is 4. The van der Waals surface area contributed by atoms with Gasteiger partial charge in [-0.2, -0.15) is 13.2 Å². The quantitative estimate of drug-likeness (QED) is 0.715. The van der Waals surface area contributed by atoms with Crippen LogP contribution in [0, 0.1) is 5.92 Å². The van der Waals surface area contributed by atoms with Crippen molar-refractivity contribution < 1.29 is 22.8 Å². The fourth-order valence-electron chi connectivity index (χ4n) is 3.98. The van der Waals surface area contributed by atoms with Gasteiger partial charge in [-0.05, 0) is 55.3 Å². The summed E-state index contributed by atoms with van der Waals surface area (Å²) in [7, 11) is 0. The third-order valence-electron chi connectivity index (χ3n) is 5.68. The molecule has 0 aromatic heterocycles. The van der Waals surface area contributed by atoms with Crippen molar-refractivity contribution in [1.82, 2.24) is 0 Å². The van der Waals surface area contributed by atoms with E-state index in [0.717, 1.165) is 37.0 Å². The minimum atomic E-state index is -4.55. The summed E-state index contributed by atoms with van der Waals surface area (Å²) in [5.41, 5.74) is 0.762. The first-order valence-electron chi connectivity index (χ1n) is 10.1. The Morgan fingerprint density at radius 3 is 2.32 bits per heavy atom. The number of benzene rings is 2. The lowest BCUT2D eigenvalue weighted by Gasteiger charge is -2.21. The molecule has 5 nitrogen and oxygen atoms in total. The van der Waals surface area contributed by atoms with Crippen LogP contribution in [0.1, 0.15) is 24.8 Å². The summed E-state index contributed by atoms with van der Waals surface area (Å²) >= 11 is 5.96. The van der Waals surface area contributed by atoms with Crippen LogP contribution in [0.2, 0.25) is 5.02 Å². The Labute approximate surface area is 182 Å². The SMILES string of the molecule is O=C(Nc1cc(C(F)(F)F)ccc1Cl)C1CC(=O)N(c2ccc(N3CCCC3)cc2)C1. The fraction of sp³-hybridized carbons (Fsp3) is 0.364. The van der Waals surface area contributed by atoms with Crippen molar-refractivity contribution >= 4 is 40.5 Å². The van der Waals surface area contributed by atoms with Crippen LogP contribution in [0.4, 0.5) is 30.2 Å². The molecule has 0 bridgehead atoms. The molecule has 2 amide bonds. The van der Waals surface area contributed by atoms with E-state index in [1.54, 1.807) is 0 Å². The summed E-state index contributed by atoms with van der Waals surface area (Å²) in [4.78, 5) is 29.0. The van der Waals surface area contributed by atoms with E-state index in [0.29, 0.717) is 5.69 Å². The summed E-state index contributed by atoms with van der Waals surface area (Å²) in [6, 6.07) is 10.4. The molecule has 31 heavy (non-hydrogen) atoms. The minimum Gasteiger partial charge on any atom is -0.372 e. The van der Waals surface area contributed by atoms with Crippen molar-refractivity contribution in [2.24, 2.45) is 5.92 Å². The first-order chi connectivity index (χ1) is 14.7. The van der Waals surface area contributed by atoms with E-state index in [2.05, 4.69) is 10.2 Å². The van der Waals surface area contributed by atoms with E-state index in [1.807, 2.05) is 24.3 Å². The number of halogens is 4. The average Bonchev–Trinajstić information content (AvgIpc) is 3.39. The predicted molar refractivity (Wildman–Crippen MR) is 113 cm³/mol. The molecule has 2 heterocycles. The molecule has 1 unspecified atom stereocenters. The summed E-state index contributed by atoms with van der Waals surface area (Å²) < 4.78 is 38.8. The van der Waals surface area contributed by atoms with Gasteiger partial charge in [-0.1, -0.05) is 11.6 Å². The third kappa shape index (κ3) is 4.63. The summed E-state index contributed by atoms with van der Waals surface area (Å²) in [5.74, 6) is -1.42. The maximum absolute atomic E-state index is 12.9. The number of anilines is 3. The number of hydrogen-bond donors (Lipinski definition) is 1. The summed E-state index contributed by atoms with van der Waals surface area (Å²) in [6.07, 6.45) is -2.24. The molecule has 164 valence electrons. The van der Waals surface area contributed by atoms with E-state index < -0.39 is 23.6 Å². The maximum Gasteiger partial charge on any atom is 0.416 e. The minimum absolute atomic E-state index is 0.0000288. The van der Waals surface area contributed by atoms with Crippen LogP contribution in [0.25, 0.3) is 0 Å².